The zero-order chi connectivity index (χ0) is 13.7. The van der Waals surface area contributed by atoms with Gasteiger partial charge in [0, 0.05) is 19.2 Å². The summed E-state index contributed by atoms with van der Waals surface area (Å²) in [5.41, 5.74) is 12.2. The molecule has 18 heavy (non-hydrogen) atoms. The summed E-state index contributed by atoms with van der Waals surface area (Å²) >= 11 is 0. The van der Waals surface area contributed by atoms with Crippen LogP contribution >= 0.6 is 0 Å². The number of carbonyl (C=O) groups is 2. The van der Waals surface area contributed by atoms with E-state index in [9.17, 15) is 9.59 Å². The summed E-state index contributed by atoms with van der Waals surface area (Å²) in [4.78, 5) is 24.3. The van der Waals surface area contributed by atoms with Crippen LogP contribution in [0.15, 0.2) is 24.3 Å². The Morgan fingerprint density at radius 2 is 1.83 bits per heavy atom. The van der Waals surface area contributed by atoms with Gasteiger partial charge in [0.2, 0.25) is 11.8 Å². The quantitative estimate of drug-likeness (QED) is 0.795. The fourth-order valence-electron chi connectivity index (χ4n) is 1.58. The van der Waals surface area contributed by atoms with Gasteiger partial charge in [0.05, 0.1) is 6.04 Å². The lowest BCUT2D eigenvalue weighted by Crippen LogP contribution is -2.40. The van der Waals surface area contributed by atoms with Gasteiger partial charge in [0.25, 0.3) is 0 Å². The molecular formula is C13H19N3O2. The molecule has 1 rings (SSSR count). The molecular weight excluding hydrogens is 230 g/mol. The van der Waals surface area contributed by atoms with Crippen LogP contribution < -0.4 is 11.5 Å². The molecule has 0 bridgehead atoms. The van der Waals surface area contributed by atoms with Gasteiger partial charge in [0.15, 0.2) is 0 Å². The third-order valence-electron chi connectivity index (χ3n) is 2.79. The van der Waals surface area contributed by atoms with Crippen molar-refractivity contribution < 1.29 is 9.59 Å². The summed E-state index contributed by atoms with van der Waals surface area (Å²) in [5, 5.41) is 0. The zero-order valence-electron chi connectivity index (χ0n) is 10.7. The molecule has 0 saturated carbocycles. The highest BCUT2D eigenvalue weighted by Gasteiger charge is 2.16. The minimum atomic E-state index is -0.459. The summed E-state index contributed by atoms with van der Waals surface area (Å²) in [7, 11) is 1.71. The third kappa shape index (κ3) is 3.56. The Hall–Kier alpha value is -1.88. The maximum atomic E-state index is 11.8. The number of nitrogens with two attached hydrogens (primary N) is 2. The first-order valence-electron chi connectivity index (χ1n) is 5.85. The van der Waals surface area contributed by atoms with Crippen LogP contribution in [0.3, 0.4) is 0 Å². The van der Waals surface area contributed by atoms with Crippen molar-refractivity contribution in [2.24, 2.45) is 11.5 Å². The third-order valence-corrected chi connectivity index (χ3v) is 2.79. The highest BCUT2D eigenvalue weighted by molar-refractivity contribution is 5.92. The van der Waals surface area contributed by atoms with Crippen molar-refractivity contribution in [1.29, 1.82) is 0 Å². The lowest BCUT2D eigenvalue weighted by atomic mass is 10.1. The lowest BCUT2D eigenvalue weighted by Gasteiger charge is -2.20. The van der Waals surface area contributed by atoms with Crippen LogP contribution in [0.5, 0.6) is 0 Å². The Bertz CT molecular complexity index is 428. The maximum absolute atomic E-state index is 11.8. The fraction of sp³-hybridized carbons (Fsp3) is 0.385. The maximum Gasteiger partial charge on any atom is 0.248 e. The van der Waals surface area contributed by atoms with E-state index in [4.69, 9.17) is 11.5 Å². The Morgan fingerprint density at radius 1 is 1.28 bits per heavy atom. The van der Waals surface area contributed by atoms with Crippen LogP contribution in [0.2, 0.25) is 0 Å². The van der Waals surface area contributed by atoms with E-state index in [0.717, 1.165) is 5.56 Å². The van der Waals surface area contributed by atoms with E-state index >= 15 is 0 Å². The van der Waals surface area contributed by atoms with Gasteiger partial charge in [-0.15, -0.1) is 0 Å². The van der Waals surface area contributed by atoms with Crippen molar-refractivity contribution in [2.45, 2.75) is 25.9 Å². The van der Waals surface area contributed by atoms with Gasteiger partial charge >= 0.3 is 0 Å². The van der Waals surface area contributed by atoms with Gasteiger partial charge in [-0.2, -0.15) is 0 Å². The Kier molecular flexibility index (Phi) is 4.85. The Labute approximate surface area is 107 Å². The second kappa shape index (κ2) is 6.16. The predicted octanol–water partition coefficient (Wildman–Crippen LogP) is 0.481. The Balaban J connectivity index is 2.67. The van der Waals surface area contributed by atoms with Gasteiger partial charge in [-0.25, -0.2) is 0 Å². The highest BCUT2D eigenvalue weighted by atomic mass is 16.2. The second-order valence-electron chi connectivity index (χ2n) is 4.27. The van der Waals surface area contributed by atoms with Crippen molar-refractivity contribution in [1.82, 2.24) is 4.90 Å². The first-order chi connectivity index (χ1) is 8.45. The number of hydrogen-bond donors (Lipinski definition) is 2. The van der Waals surface area contributed by atoms with Crippen molar-refractivity contribution in [2.75, 3.05) is 7.05 Å². The molecule has 1 aromatic carbocycles. The zero-order valence-corrected chi connectivity index (χ0v) is 10.7. The van der Waals surface area contributed by atoms with E-state index in [0.29, 0.717) is 18.5 Å². The molecule has 0 heterocycles. The van der Waals surface area contributed by atoms with Crippen LogP contribution in [0, 0.1) is 0 Å². The van der Waals surface area contributed by atoms with Crippen molar-refractivity contribution in [3.63, 3.8) is 0 Å². The molecule has 98 valence electrons. The van der Waals surface area contributed by atoms with Gasteiger partial charge < -0.3 is 16.4 Å². The van der Waals surface area contributed by atoms with Gasteiger partial charge in [0.1, 0.15) is 0 Å². The smallest absolute Gasteiger partial charge is 0.248 e. The average Bonchev–Trinajstić information content (AvgIpc) is 2.37. The van der Waals surface area contributed by atoms with Crippen molar-refractivity contribution in [3.8, 4) is 0 Å². The number of hydrogen-bond acceptors (Lipinski definition) is 3. The molecule has 4 N–H and O–H groups in total. The summed E-state index contributed by atoms with van der Waals surface area (Å²) in [5.74, 6) is -0.546. The standard InChI is InChI=1S/C13H19N3O2/c1-3-11(14)13(18)16(2)8-9-4-6-10(7-5-9)12(15)17/h4-7,11H,3,8,14H2,1-2H3,(H2,15,17)/t11-/m0/s1. The number of primary amides is 1. The molecule has 0 unspecified atom stereocenters. The highest BCUT2D eigenvalue weighted by Crippen LogP contribution is 2.07. The summed E-state index contributed by atoms with van der Waals surface area (Å²) < 4.78 is 0. The van der Waals surface area contributed by atoms with E-state index in [1.807, 2.05) is 6.92 Å². The largest absolute Gasteiger partial charge is 0.366 e. The lowest BCUT2D eigenvalue weighted by molar-refractivity contribution is -0.131. The SMILES string of the molecule is CC[C@H](N)C(=O)N(C)Cc1ccc(C(N)=O)cc1. The first kappa shape index (κ1) is 14.2. The molecule has 5 heteroatoms. The molecule has 1 atom stereocenters. The molecule has 2 amide bonds. The molecule has 1 aromatic rings. The number of benzene rings is 1. The normalized spacial score (nSPS) is 11.9. The molecule has 0 saturated heterocycles. The van der Waals surface area contributed by atoms with E-state index in [2.05, 4.69) is 0 Å². The van der Waals surface area contributed by atoms with Gasteiger partial charge in [-0.3, -0.25) is 9.59 Å². The van der Waals surface area contributed by atoms with E-state index < -0.39 is 11.9 Å². The number of carbonyl (C=O) groups excluding carboxylic acids is 2. The Morgan fingerprint density at radius 3 is 2.28 bits per heavy atom. The van der Waals surface area contributed by atoms with Crippen molar-refractivity contribution in [3.05, 3.63) is 35.4 Å². The van der Waals surface area contributed by atoms with Crippen molar-refractivity contribution >= 4 is 11.8 Å². The van der Waals surface area contributed by atoms with E-state index in [1.165, 1.54) is 0 Å². The molecule has 0 aliphatic heterocycles. The number of likely N-dealkylation sites (N-methyl/N-ethyl adjacent to an activating group) is 1. The summed E-state index contributed by atoms with van der Waals surface area (Å²) in [6, 6.07) is 6.40. The second-order valence-corrected chi connectivity index (χ2v) is 4.27. The monoisotopic (exact) mass is 249 g/mol. The average molecular weight is 249 g/mol. The molecule has 0 aliphatic carbocycles. The molecule has 0 fully saturated rings. The van der Waals surface area contributed by atoms with Gasteiger partial charge in [-0.05, 0) is 24.1 Å². The molecule has 5 nitrogen and oxygen atoms in total. The van der Waals surface area contributed by atoms with E-state index in [1.54, 1.807) is 36.2 Å². The number of rotatable bonds is 5. The summed E-state index contributed by atoms with van der Waals surface area (Å²) in [6.45, 7) is 2.34. The number of nitrogens with zero attached hydrogens (tertiary/aromatic N) is 1. The van der Waals surface area contributed by atoms with Gasteiger partial charge in [-0.1, -0.05) is 19.1 Å². The van der Waals surface area contributed by atoms with Crippen LogP contribution in [0.4, 0.5) is 0 Å². The number of amides is 2. The molecule has 0 aliphatic rings. The van der Waals surface area contributed by atoms with E-state index in [-0.39, 0.29) is 5.91 Å². The molecule has 0 radical (unpaired) electrons. The molecule has 0 spiro atoms. The van der Waals surface area contributed by atoms with Crippen LogP contribution in [0.1, 0.15) is 29.3 Å². The fourth-order valence-corrected chi connectivity index (χ4v) is 1.58. The van der Waals surface area contributed by atoms with Crippen LogP contribution in [-0.4, -0.2) is 29.8 Å². The topological polar surface area (TPSA) is 89.4 Å². The molecule has 0 aromatic heterocycles. The minimum Gasteiger partial charge on any atom is -0.366 e. The first-order valence-corrected chi connectivity index (χ1v) is 5.85. The predicted molar refractivity (Wildman–Crippen MR) is 69.7 cm³/mol. The summed E-state index contributed by atoms with van der Waals surface area (Å²) in [6.07, 6.45) is 0.615. The van der Waals surface area contributed by atoms with Crippen LogP contribution in [-0.2, 0) is 11.3 Å². The minimum absolute atomic E-state index is 0.0866. The van der Waals surface area contributed by atoms with Crippen LogP contribution in [0.25, 0.3) is 0 Å².